The summed E-state index contributed by atoms with van der Waals surface area (Å²) in [5.74, 6) is 0. The third-order valence-corrected chi connectivity index (χ3v) is 7.27. The van der Waals surface area contributed by atoms with Crippen molar-refractivity contribution < 1.29 is 0 Å². The van der Waals surface area contributed by atoms with Crippen molar-refractivity contribution in [1.29, 1.82) is 0 Å². The first kappa shape index (κ1) is 17.6. The van der Waals surface area contributed by atoms with Gasteiger partial charge in [-0.2, -0.15) is 4.37 Å². The Morgan fingerprint density at radius 1 is 1.21 bits per heavy atom. The van der Waals surface area contributed by atoms with Crippen LogP contribution in [-0.4, -0.2) is 18.3 Å². The second kappa shape index (κ2) is 6.57. The first-order chi connectivity index (χ1) is 11.3. The van der Waals surface area contributed by atoms with Crippen molar-refractivity contribution in [2.45, 2.75) is 23.5 Å². The van der Waals surface area contributed by atoms with E-state index in [1.165, 1.54) is 26.7 Å². The van der Waals surface area contributed by atoms with E-state index in [4.69, 9.17) is 0 Å². The molecule has 0 aliphatic carbocycles. The monoisotopic (exact) mass is 471 g/mol. The summed E-state index contributed by atoms with van der Waals surface area (Å²) in [6.07, 6.45) is 0. The van der Waals surface area contributed by atoms with Crippen molar-refractivity contribution in [3.8, 4) is 5.69 Å². The van der Waals surface area contributed by atoms with Crippen LogP contribution in [0, 0.1) is 6.92 Å². The van der Waals surface area contributed by atoms with Gasteiger partial charge in [0.25, 0.3) is 5.56 Å². The van der Waals surface area contributed by atoms with Gasteiger partial charge in [0.2, 0.25) is 0 Å². The smallest absolute Gasteiger partial charge is 0.301 e. The second-order valence-corrected chi connectivity index (χ2v) is 8.86. The van der Waals surface area contributed by atoms with Crippen molar-refractivity contribution in [3.05, 3.63) is 56.5 Å². The van der Waals surface area contributed by atoms with Crippen LogP contribution in [0.25, 0.3) is 15.8 Å². The van der Waals surface area contributed by atoms with E-state index in [1.54, 1.807) is 20.0 Å². The Kier molecular flexibility index (Phi) is 4.81. The number of rotatable bonds is 3. The van der Waals surface area contributed by atoms with Gasteiger partial charge in [0.15, 0.2) is 0 Å². The van der Waals surface area contributed by atoms with Gasteiger partial charge < -0.3 is 4.57 Å². The highest BCUT2D eigenvalue weighted by Crippen LogP contribution is 2.37. The lowest BCUT2D eigenvalue weighted by atomic mass is 10.1. The predicted octanol–water partition coefficient (Wildman–Crippen LogP) is 3.67. The number of nitrogens with zero attached hydrogens (tertiary/aromatic N) is 3. The summed E-state index contributed by atoms with van der Waals surface area (Å²) in [5.41, 5.74) is 1.40. The third kappa shape index (κ3) is 2.91. The lowest BCUT2D eigenvalue weighted by Gasteiger charge is -2.11. The quantitative estimate of drug-likeness (QED) is 0.546. The summed E-state index contributed by atoms with van der Waals surface area (Å²) in [5, 5.41) is 0.945. The molecule has 3 aromatic rings. The average Bonchev–Trinajstić information content (AvgIpc) is 2.95. The normalized spacial score (nSPS) is 14.0. The summed E-state index contributed by atoms with van der Waals surface area (Å²) in [7, 11) is 1.66. The molecule has 2 heterocycles. The minimum absolute atomic E-state index is 0.0408. The summed E-state index contributed by atoms with van der Waals surface area (Å²) in [4.78, 5) is 25.1. The van der Waals surface area contributed by atoms with E-state index in [2.05, 4.69) is 36.2 Å². The highest BCUT2D eigenvalue weighted by molar-refractivity contribution is 9.12. The summed E-state index contributed by atoms with van der Waals surface area (Å²) in [6, 6.07) is 7.00. The highest BCUT2D eigenvalue weighted by atomic mass is 79.9. The topological polar surface area (TPSA) is 56.9 Å². The van der Waals surface area contributed by atoms with Crippen molar-refractivity contribution >= 4 is 53.5 Å². The van der Waals surface area contributed by atoms with Gasteiger partial charge in [0.1, 0.15) is 0 Å². The molecule has 1 aromatic carbocycles. The molecule has 0 saturated heterocycles. The van der Waals surface area contributed by atoms with E-state index < -0.39 is 0 Å². The molecule has 0 amide bonds. The zero-order chi connectivity index (χ0) is 17.6. The third-order valence-electron chi connectivity index (χ3n) is 3.96. The standard InChI is InChI=1S/C16H15Br2N3O2S/c1-8-6-13(22)21(16(23)20(8)3)10-4-5-12-11(7-10)15(19-24-12)14(18)9(2)17/h4-7,9,14H,1-3H3/t9-,14-/m0/s1. The molecule has 8 heteroatoms. The summed E-state index contributed by atoms with van der Waals surface area (Å²) in [6.45, 7) is 3.78. The summed E-state index contributed by atoms with van der Waals surface area (Å²) >= 11 is 8.61. The van der Waals surface area contributed by atoms with Crippen LogP contribution in [0.2, 0.25) is 0 Å². The van der Waals surface area contributed by atoms with Gasteiger partial charge in [0.05, 0.1) is 20.9 Å². The van der Waals surface area contributed by atoms with Crippen LogP contribution >= 0.6 is 43.4 Å². The lowest BCUT2D eigenvalue weighted by molar-refractivity contribution is 0.714. The van der Waals surface area contributed by atoms with Crippen LogP contribution in [0.3, 0.4) is 0 Å². The number of hydrogen-bond acceptors (Lipinski definition) is 4. The van der Waals surface area contributed by atoms with Crippen molar-refractivity contribution in [3.63, 3.8) is 0 Å². The molecule has 0 spiro atoms. The largest absolute Gasteiger partial charge is 0.335 e. The van der Waals surface area contributed by atoms with Crippen LogP contribution < -0.4 is 11.2 Å². The summed E-state index contributed by atoms with van der Waals surface area (Å²) < 4.78 is 8.19. The zero-order valence-electron chi connectivity index (χ0n) is 13.3. The molecule has 3 rings (SSSR count). The number of fused-ring (bicyclic) bond motifs is 1. The first-order valence-corrected chi connectivity index (χ1v) is 9.89. The van der Waals surface area contributed by atoms with E-state index in [1.807, 2.05) is 19.1 Å². The molecule has 0 radical (unpaired) electrons. The Hall–Kier alpha value is -1.25. The van der Waals surface area contributed by atoms with Crippen molar-refractivity contribution in [1.82, 2.24) is 13.5 Å². The van der Waals surface area contributed by atoms with Crippen LogP contribution in [0.4, 0.5) is 0 Å². The Morgan fingerprint density at radius 2 is 1.92 bits per heavy atom. The van der Waals surface area contributed by atoms with E-state index in [0.717, 1.165) is 15.8 Å². The molecular formula is C16H15Br2N3O2S. The van der Waals surface area contributed by atoms with Crippen molar-refractivity contribution in [2.24, 2.45) is 7.05 Å². The molecule has 0 fully saturated rings. The maximum atomic E-state index is 12.5. The molecule has 2 aromatic heterocycles. The number of benzene rings is 1. The van der Waals surface area contributed by atoms with Gasteiger partial charge in [-0.15, -0.1) is 0 Å². The fourth-order valence-electron chi connectivity index (χ4n) is 2.47. The molecule has 2 atom stereocenters. The molecular weight excluding hydrogens is 458 g/mol. The second-order valence-electron chi connectivity index (χ2n) is 5.63. The lowest BCUT2D eigenvalue weighted by Crippen LogP contribution is -2.38. The van der Waals surface area contributed by atoms with E-state index in [9.17, 15) is 9.59 Å². The zero-order valence-corrected chi connectivity index (χ0v) is 17.3. The van der Waals surface area contributed by atoms with E-state index in [-0.39, 0.29) is 20.9 Å². The number of aromatic nitrogens is 3. The first-order valence-electron chi connectivity index (χ1n) is 7.28. The number of halogens is 2. The SMILES string of the molecule is Cc1cc(=O)n(-c2ccc3snc([C@@H](Br)[C@H](C)Br)c3c2)c(=O)n1C. The van der Waals surface area contributed by atoms with Gasteiger partial charge >= 0.3 is 5.69 Å². The molecule has 24 heavy (non-hydrogen) atoms. The van der Waals surface area contributed by atoms with E-state index in [0.29, 0.717) is 11.4 Å². The van der Waals surface area contributed by atoms with Crippen LogP contribution in [-0.2, 0) is 7.05 Å². The minimum atomic E-state index is -0.353. The Labute approximate surface area is 159 Å². The minimum Gasteiger partial charge on any atom is -0.301 e. The molecule has 0 unspecified atom stereocenters. The maximum absolute atomic E-state index is 12.5. The van der Waals surface area contributed by atoms with Gasteiger partial charge in [-0.3, -0.25) is 4.79 Å². The van der Waals surface area contributed by atoms with Gasteiger partial charge in [-0.25, -0.2) is 9.36 Å². The Bertz CT molecular complexity index is 1040. The number of alkyl halides is 2. The van der Waals surface area contributed by atoms with Gasteiger partial charge in [0, 0.05) is 29.0 Å². The predicted molar refractivity (Wildman–Crippen MR) is 105 cm³/mol. The van der Waals surface area contributed by atoms with Crippen molar-refractivity contribution in [2.75, 3.05) is 0 Å². The molecule has 0 saturated carbocycles. The maximum Gasteiger partial charge on any atom is 0.335 e. The van der Waals surface area contributed by atoms with Crippen LogP contribution in [0.1, 0.15) is 23.1 Å². The van der Waals surface area contributed by atoms with Gasteiger partial charge in [-0.05, 0) is 36.7 Å². The van der Waals surface area contributed by atoms with E-state index >= 15 is 0 Å². The highest BCUT2D eigenvalue weighted by Gasteiger charge is 2.20. The van der Waals surface area contributed by atoms with Crippen LogP contribution in [0.5, 0.6) is 0 Å². The fourth-order valence-corrected chi connectivity index (χ4v) is 4.01. The molecule has 0 bridgehead atoms. The number of hydrogen-bond donors (Lipinski definition) is 0. The van der Waals surface area contributed by atoms with Crippen LogP contribution in [0.15, 0.2) is 33.9 Å². The Morgan fingerprint density at radius 3 is 2.58 bits per heavy atom. The molecule has 0 aliphatic rings. The average molecular weight is 473 g/mol. The fraction of sp³-hybridized carbons (Fsp3) is 0.312. The molecule has 126 valence electrons. The number of aryl methyl sites for hydroxylation is 1. The van der Waals surface area contributed by atoms with Gasteiger partial charge in [-0.1, -0.05) is 38.8 Å². The molecule has 0 N–H and O–H groups in total. The molecule has 0 aliphatic heterocycles. The Balaban J connectivity index is 2.26. The molecule has 5 nitrogen and oxygen atoms in total.